The van der Waals surface area contributed by atoms with Crippen LogP contribution in [0.4, 0.5) is 10.3 Å². The summed E-state index contributed by atoms with van der Waals surface area (Å²) in [4.78, 5) is 37.2. The van der Waals surface area contributed by atoms with Crippen LogP contribution in [0, 0.1) is 5.92 Å². The number of likely N-dealkylation sites (tertiary alicyclic amines) is 2. The van der Waals surface area contributed by atoms with Crippen LogP contribution in [0.25, 0.3) is 0 Å². The fourth-order valence-corrected chi connectivity index (χ4v) is 6.24. The number of carbonyl (C=O) groups excluding carboxylic acids is 2. The number of hydrogen-bond donors (Lipinski definition) is 3. The lowest BCUT2D eigenvalue weighted by Gasteiger charge is -2.19. The summed E-state index contributed by atoms with van der Waals surface area (Å²) in [6.45, 7) is 13.3. The number of nitrogens with zero attached hydrogens (tertiary/aromatic N) is 4. The number of thiazole rings is 2. The van der Waals surface area contributed by atoms with Gasteiger partial charge >= 0.3 is 0 Å². The lowest BCUT2D eigenvalue weighted by atomic mass is 10.1. The van der Waals surface area contributed by atoms with Crippen LogP contribution in [0.3, 0.4) is 0 Å². The van der Waals surface area contributed by atoms with E-state index in [0.29, 0.717) is 28.9 Å². The lowest BCUT2D eigenvalue weighted by molar-refractivity contribution is -0.115. The van der Waals surface area contributed by atoms with E-state index in [-0.39, 0.29) is 17.9 Å². The van der Waals surface area contributed by atoms with Gasteiger partial charge in [-0.2, -0.15) is 0 Å². The van der Waals surface area contributed by atoms with Gasteiger partial charge in [0.25, 0.3) is 0 Å². The van der Waals surface area contributed by atoms with Crippen LogP contribution >= 0.6 is 22.7 Å². The third-order valence-corrected chi connectivity index (χ3v) is 7.78. The highest BCUT2D eigenvalue weighted by atomic mass is 32.1. The number of aromatic nitrogens is 2. The number of aliphatic hydroxyl groups excluding tert-OH is 1. The summed E-state index contributed by atoms with van der Waals surface area (Å²) in [6.07, 6.45) is 5.54. The molecule has 0 saturated carbocycles. The maximum Gasteiger partial charge on any atom is 0.223 e. The molecule has 188 valence electrons. The molecule has 2 fully saturated rings. The van der Waals surface area contributed by atoms with E-state index in [0.717, 1.165) is 36.9 Å². The minimum Gasteiger partial charge on any atom is -0.392 e. The first-order chi connectivity index (χ1) is 16.1. The first-order valence-corrected chi connectivity index (χ1v) is 13.3. The van der Waals surface area contributed by atoms with Gasteiger partial charge in [0, 0.05) is 74.3 Å². The Morgan fingerprint density at radius 3 is 1.76 bits per heavy atom. The Labute approximate surface area is 209 Å². The molecule has 3 N–H and O–H groups in total. The summed E-state index contributed by atoms with van der Waals surface area (Å²) < 4.78 is 0. The van der Waals surface area contributed by atoms with E-state index in [1.807, 2.05) is 6.20 Å². The number of carbonyl (C=O) groups is 2. The van der Waals surface area contributed by atoms with Gasteiger partial charge in [0.2, 0.25) is 11.8 Å². The highest BCUT2D eigenvalue weighted by Crippen LogP contribution is 2.27. The summed E-state index contributed by atoms with van der Waals surface area (Å²) >= 11 is 3.05. The zero-order valence-corrected chi connectivity index (χ0v) is 22.2. The molecule has 2 aliphatic heterocycles. The van der Waals surface area contributed by atoms with E-state index in [1.165, 1.54) is 36.5 Å². The van der Waals surface area contributed by atoms with E-state index >= 15 is 0 Å². The molecule has 2 aliphatic rings. The number of β-amino-alcohol motifs (C(OH)–C–C–N with tert-alkyl or cyclic N) is 1. The van der Waals surface area contributed by atoms with Crippen molar-refractivity contribution in [1.29, 1.82) is 0 Å². The molecule has 2 amide bonds. The van der Waals surface area contributed by atoms with Gasteiger partial charge in [-0.25, -0.2) is 9.97 Å². The fourth-order valence-electron chi connectivity index (χ4n) is 4.47. The Kier molecular flexibility index (Phi) is 9.55. The van der Waals surface area contributed by atoms with Gasteiger partial charge < -0.3 is 15.7 Å². The minimum atomic E-state index is -0.215. The summed E-state index contributed by atoms with van der Waals surface area (Å²) in [6, 6.07) is 1.05. The number of nitrogens with one attached hydrogen (secondary N) is 2. The maximum atomic E-state index is 10.9. The second-order valence-electron chi connectivity index (χ2n) is 9.41. The van der Waals surface area contributed by atoms with Crippen LogP contribution < -0.4 is 10.6 Å². The quantitative estimate of drug-likeness (QED) is 0.549. The number of rotatable bonds is 6. The van der Waals surface area contributed by atoms with Crippen molar-refractivity contribution < 1.29 is 14.7 Å². The normalized spacial score (nSPS) is 25.1. The third-order valence-electron chi connectivity index (χ3n) is 5.99. The second kappa shape index (κ2) is 12.2. The molecule has 2 aromatic rings. The van der Waals surface area contributed by atoms with Crippen molar-refractivity contribution in [1.82, 2.24) is 19.8 Å². The van der Waals surface area contributed by atoms with Crippen molar-refractivity contribution in [3.05, 3.63) is 22.1 Å². The first-order valence-electron chi connectivity index (χ1n) is 11.7. The molecule has 0 bridgehead atoms. The van der Waals surface area contributed by atoms with E-state index in [9.17, 15) is 14.7 Å². The molecule has 4 atom stereocenters. The van der Waals surface area contributed by atoms with Gasteiger partial charge in [-0.3, -0.25) is 19.4 Å². The Morgan fingerprint density at radius 2 is 1.38 bits per heavy atom. The van der Waals surface area contributed by atoms with Crippen LogP contribution in [-0.4, -0.2) is 68.0 Å². The smallest absolute Gasteiger partial charge is 0.223 e. The topological polar surface area (TPSA) is 111 Å². The van der Waals surface area contributed by atoms with Gasteiger partial charge in [0.05, 0.1) is 6.10 Å². The van der Waals surface area contributed by atoms with Crippen molar-refractivity contribution in [3.63, 3.8) is 0 Å². The highest BCUT2D eigenvalue weighted by molar-refractivity contribution is 7.16. The zero-order chi connectivity index (χ0) is 24.8. The summed E-state index contributed by atoms with van der Waals surface area (Å²) in [7, 11) is 0. The van der Waals surface area contributed by atoms with Gasteiger partial charge in [-0.15, -0.1) is 22.7 Å². The average molecular weight is 509 g/mol. The summed E-state index contributed by atoms with van der Waals surface area (Å²) in [5.41, 5.74) is 0. The van der Waals surface area contributed by atoms with Gasteiger partial charge in [-0.1, -0.05) is 6.92 Å². The van der Waals surface area contributed by atoms with Crippen LogP contribution in [0.15, 0.2) is 12.4 Å². The van der Waals surface area contributed by atoms with Crippen LogP contribution in [-0.2, 0) is 22.7 Å². The van der Waals surface area contributed by atoms with Gasteiger partial charge in [0.15, 0.2) is 10.3 Å². The molecule has 4 rings (SSSR count). The average Bonchev–Trinajstić information content (AvgIpc) is 3.48. The molecule has 0 aliphatic carbocycles. The summed E-state index contributed by atoms with van der Waals surface area (Å²) in [5.74, 6) is 0.623. The minimum absolute atomic E-state index is 0.0611. The van der Waals surface area contributed by atoms with Crippen molar-refractivity contribution >= 4 is 44.8 Å². The first kappa shape index (κ1) is 26.7. The van der Waals surface area contributed by atoms with Gasteiger partial charge in [0.1, 0.15) is 0 Å². The lowest BCUT2D eigenvalue weighted by Crippen LogP contribution is -2.26. The van der Waals surface area contributed by atoms with E-state index < -0.39 is 0 Å². The Morgan fingerprint density at radius 1 is 0.912 bits per heavy atom. The zero-order valence-electron chi connectivity index (χ0n) is 20.6. The molecule has 0 unspecified atom stereocenters. The molecule has 2 saturated heterocycles. The Balaban J connectivity index is 0.000000191. The second-order valence-corrected chi connectivity index (χ2v) is 11.6. The molecule has 34 heavy (non-hydrogen) atoms. The predicted molar refractivity (Wildman–Crippen MR) is 137 cm³/mol. The maximum absolute atomic E-state index is 10.9. The highest BCUT2D eigenvalue weighted by Gasteiger charge is 2.28. The standard InChI is InChI=1S/C12H19N3OS.C11H17N3O2S/c1-8-4-9(2)15(6-8)7-11-5-13-12(17-11)14-10(3)16;1-7-3-9(16)5-14(7)6-10-4-12-11(17-10)13-8(2)15/h5,8-9H,4,6-7H2,1-3H3,(H,13,14,16);4,7,9,16H,3,5-6H2,1-2H3,(H,12,13,15)/t8-,9+;7-,9+/m10/s1. The molecular formula is C23H36N6O3S2. The fraction of sp³-hybridized carbons (Fsp3) is 0.652. The molecule has 9 nitrogen and oxygen atoms in total. The molecule has 0 spiro atoms. The van der Waals surface area contributed by atoms with Crippen molar-refractivity contribution in [2.45, 2.75) is 78.7 Å². The van der Waals surface area contributed by atoms with Crippen molar-refractivity contribution in [2.75, 3.05) is 23.7 Å². The molecule has 4 heterocycles. The van der Waals surface area contributed by atoms with E-state index in [4.69, 9.17) is 0 Å². The third kappa shape index (κ3) is 8.09. The molecule has 11 heteroatoms. The van der Waals surface area contributed by atoms with Crippen molar-refractivity contribution in [3.8, 4) is 0 Å². The van der Waals surface area contributed by atoms with Crippen LogP contribution in [0.5, 0.6) is 0 Å². The molecular weight excluding hydrogens is 472 g/mol. The largest absolute Gasteiger partial charge is 0.392 e. The molecule has 0 radical (unpaired) electrons. The Hall–Kier alpha value is -1.92. The number of amides is 2. The van der Waals surface area contributed by atoms with E-state index in [2.05, 4.69) is 51.2 Å². The van der Waals surface area contributed by atoms with Crippen LogP contribution in [0.1, 0.15) is 57.2 Å². The van der Waals surface area contributed by atoms with Crippen molar-refractivity contribution in [2.24, 2.45) is 5.92 Å². The SMILES string of the molecule is CC(=O)Nc1ncc(CN2C[C@H](C)C[C@@H]2C)s1.CC(=O)Nc1ncc(CN2C[C@H](O)C[C@@H]2C)s1. The number of hydrogen-bond acceptors (Lipinski definition) is 9. The van der Waals surface area contributed by atoms with Crippen LogP contribution in [0.2, 0.25) is 0 Å². The summed E-state index contributed by atoms with van der Waals surface area (Å²) in [5, 5.41) is 16.3. The molecule has 2 aromatic heterocycles. The monoisotopic (exact) mass is 508 g/mol. The van der Waals surface area contributed by atoms with E-state index in [1.54, 1.807) is 17.5 Å². The predicted octanol–water partition coefficient (Wildman–Crippen LogP) is 3.39. The van der Waals surface area contributed by atoms with Gasteiger partial charge in [-0.05, 0) is 32.6 Å². The molecule has 0 aromatic carbocycles. The number of anilines is 2. The Bertz CT molecular complexity index is 888. The number of aliphatic hydroxyl groups is 1.